The van der Waals surface area contributed by atoms with E-state index in [4.69, 9.17) is 10.3 Å². The highest BCUT2D eigenvalue weighted by Gasteiger charge is 2.13. The Morgan fingerprint density at radius 3 is 3.00 bits per heavy atom. The van der Waals surface area contributed by atoms with E-state index in [-0.39, 0.29) is 0 Å². The lowest BCUT2D eigenvalue weighted by molar-refractivity contribution is 0.519. The second kappa shape index (κ2) is 4.14. The highest BCUT2D eigenvalue weighted by molar-refractivity contribution is 5.73. The van der Waals surface area contributed by atoms with Crippen LogP contribution >= 0.6 is 0 Å². The van der Waals surface area contributed by atoms with E-state index in [0.717, 1.165) is 29.2 Å². The third kappa shape index (κ3) is 1.71. The zero-order valence-electron chi connectivity index (χ0n) is 10.00. The van der Waals surface area contributed by atoms with Gasteiger partial charge in [-0.05, 0) is 12.1 Å². The number of aryl methyl sites for hydroxylation is 1. The molecule has 0 saturated carbocycles. The molecule has 0 amide bonds. The van der Waals surface area contributed by atoms with E-state index in [1.54, 1.807) is 12.6 Å². The highest BCUT2D eigenvalue weighted by atomic mass is 16.3. The molecule has 0 aromatic carbocycles. The van der Waals surface area contributed by atoms with Gasteiger partial charge in [-0.2, -0.15) is 0 Å². The molecule has 0 aliphatic heterocycles. The van der Waals surface area contributed by atoms with Crippen molar-refractivity contribution in [2.75, 3.05) is 5.84 Å². The van der Waals surface area contributed by atoms with Crippen molar-refractivity contribution in [1.29, 1.82) is 0 Å². The second-order valence-corrected chi connectivity index (χ2v) is 4.02. The second-order valence-electron chi connectivity index (χ2n) is 4.02. The van der Waals surface area contributed by atoms with Crippen LogP contribution in [0.5, 0.6) is 0 Å². The minimum absolute atomic E-state index is 0.593. The van der Waals surface area contributed by atoms with Gasteiger partial charge in [-0.3, -0.25) is 0 Å². The summed E-state index contributed by atoms with van der Waals surface area (Å²) in [5, 5.41) is 0. The van der Waals surface area contributed by atoms with Gasteiger partial charge in [0.05, 0.1) is 18.4 Å². The van der Waals surface area contributed by atoms with Gasteiger partial charge >= 0.3 is 0 Å². The first kappa shape index (κ1) is 10.8. The van der Waals surface area contributed by atoms with Crippen molar-refractivity contribution in [3.05, 3.63) is 42.0 Å². The number of rotatable bonds is 3. The van der Waals surface area contributed by atoms with Crippen LogP contribution in [0.1, 0.15) is 24.2 Å². The molecule has 6 nitrogen and oxygen atoms in total. The van der Waals surface area contributed by atoms with Crippen molar-refractivity contribution in [3.63, 3.8) is 0 Å². The van der Waals surface area contributed by atoms with Gasteiger partial charge in [0, 0.05) is 6.42 Å². The lowest BCUT2D eigenvalue weighted by Gasteiger charge is -2.03. The molecule has 0 saturated heterocycles. The fourth-order valence-electron chi connectivity index (χ4n) is 1.88. The molecule has 3 aromatic heterocycles. The molecule has 0 spiro atoms. The minimum Gasteiger partial charge on any atom is -0.469 e. The normalized spacial score (nSPS) is 11.2. The first-order chi connectivity index (χ1) is 8.78. The van der Waals surface area contributed by atoms with E-state index in [0.29, 0.717) is 12.1 Å². The summed E-state index contributed by atoms with van der Waals surface area (Å²) in [6, 6.07) is 3.77. The van der Waals surface area contributed by atoms with Crippen molar-refractivity contribution >= 4 is 11.2 Å². The number of hydrogen-bond donors (Lipinski definition) is 1. The highest BCUT2D eigenvalue weighted by Crippen LogP contribution is 2.17. The van der Waals surface area contributed by atoms with Crippen molar-refractivity contribution in [1.82, 2.24) is 19.6 Å². The Hall–Kier alpha value is -2.37. The van der Waals surface area contributed by atoms with Crippen molar-refractivity contribution in [2.45, 2.75) is 19.8 Å². The summed E-state index contributed by atoms with van der Waals surface area (Å²) >= 11 is 0. The molecule has 3 aromatic rings. The molecule has 92 valence electrons. The lowest BCUT2D eigenvalue weighted by atomic mass is 10.2. The maximum absolute atomic E-state index is 5.78. The Bertz CT molecular complexity index is 671. The van der Waals surface area contributed by atoms with Gasteiger partial charge in [0.2, 0.25) is 0 Å². The molecule has 18 heavy (non-hydrogen) atoms. The van der Waals surface area contributed by atoms with Gasteiger partial charge in [-0.25, -0.2) is 19.6 Å². The van der Waals surface area contributed by atoms with Crippen molar-refractivity contribution in [3.8, 4) is 0 Å². The molecule has 6 heteroatoms. The molecule has 0 unspecified atom stereocenters. The van der Waals surface area contributed by atoms with Gasteiger partial charge < -0.3 is 10.3 Å². The van der Waals surface area contributed by atoms with E-state index in [1.807, 2.05) is 19.1 Å². The first-order valence-electron chi connectivity index (χ1n) is 5.78. The zero-order valence-corrected chi connectivity index (χ0v) is 10.00. The quantitative estimate of drug-likeness (QED) is 0.701. The molecule has 0 atom stereocenters. The Balaban J connectivity index is 2.14. The Morgan fingerprint density at radius 1 is 1.39 bits per heavy atom. The maximum atomic E-state index is 5.78. The Kier molecular flexibility index (Phi) is 2.47. The summed E-state index contributed by atoms with van der Waals surface area (Å²) < 4.78 is 6.76. The van der Waals surface area contributed by atoms with Crippen LogP contribution in [0, 0.1) is 0 Å². The SMILES string of the molecule is CCc1nc(Cc2ccco2)c2ncn(N)c2n1. The molecular formula is C12H13N5O. The van der Waals surface area contributed by atoms with E-state index in [1.165, 1.54) is 4.68 Å². The Labute approximate surface area is 103 Å². The van der Waals surface area contributed by atoms with Crippen molar-refractivity contribution in [2.24, 2.45) is 0 Å². The molecule has 0 radical (unpaired) electrons. The summed E-state index contributed by atoms with van der Waals surface area (Å²) in [6.45, 7) is 2.01. The van der Waals surface area contributed by atoms with Crippen LogP contribution in [-0.2, 0) is 12.8 Å². The molecular weight excluding hydrogens is 230 g/mol. The van der Waals surface area contributed by atoms with Crippen LogP contribution in [-0.4, -0.2) is 19.6 Å². The largest absolute Gasteiger partial charge is 0.469 e. The topological polar surface area (TPSA) is 82.8 Å². The standard InChI is InChI=1S/C12H13N5O/c1-2-10-15-9(6-8-4-3-5-18-8)11-12(16-10)17(13)7-14-11/h3-5,7H,2,6,13H2,1H3. The smallest absolute Gasteiger partial charge is 0.182 e. The number of hydrogen-bond acceptors (Lipinski definition) is 5. The van der Waals surface area contributed by atoms with Gasteiger partial charge in [0.25, 0.3) is 0 Å². The predicted molar refractivity (Wildman–Crippen MR) is 66.4 cm³/mol. The van der Waals surface area contributed by atoms with Gasteiger partial charge in [-0.15, -0.1) is 0 Å². The number of furan rings is 1. The summed E-state index contributed by atoms with van der Waals surface area (Å²) in [5.41, 5.74) is 2.23. The summed E-state index contributed by atoms with van der Waals surface area (Å²) in [5.74, 6) is 7.39. The van der Waals surface area contributed by atoms with E-state index in [2.05, 4.69) is 15.0 Å². The first-order valence-corrected chi connectivity index (χ1v) is 5.78. The number of imidazole rings is 1. The van der Waals surface area contributed by atoms with Gasteiger partial charge in [-0.1, -0.05) is 6.92 Å². The molecule has 3 heterocycles. The third-order valence-corrected chi connectivity index (χ3v) is 2.78. The molecule has 0 aliphatic carbocycles. The average Bonchev–Trinajstić information content (AvgIpc) is 3.00. The molecule has 2 N–H and O–H groups in total. The van der Waals surface area contributed by atoms with E-state index < -0.39 is 0 Å². The summed E-state index contributed by atoms with van der Waals surface area (Å²) in [6.07, 6.45) is 4.54. The van der Waals surface area contributed by atoms with Crippen LogP contribution in [0.25, 0.3) is 11.2 Å². The van der Waals surface area contributed by atoms with E-state index >= 15 is 0 Å². The molecule has 3 rings (SSSR count). The average molecular weight is 243 g/mol. The number of nitrogen functional groups attached to an aromatic ring is 1. The lowest BCUT2D eigenvalue weighted by Crippen LogP contribution is -2.09. The van der Waals surface area contributed by atoms with Gasteiger partial charge in [0.1, 0.15) is 23.4 Å². The minimum atomic E-state index is 0.593. The molecule has 0 aliphatic rings. The molecule has 0 bridgehead atoms. The van der Waals surface area contributed by atoms with Crippen LogP contribution in [0.4, 0.5) is 0 Å². The summed E-state index contributed by atoms with van der Waals surface area (Å²) in [4.78, 5) is 13.1. The van der Waals surface area contributed by atoms with Crippen LogP contribution in [0.2, 0.25) is 0 Å². The maximum Gasteiger partial charge on any atom is 0.182 e. The predicted octanol–water partition coefficient (Wildman–Crippen LogP) is 1.29. The van der Waals surface area contributed by atoms with Crippen LogP contribution in [0.3, 0.4) is 0 Å². The zero-order chi connectivity index (χ0) is 12.5. The number of fused-ring (bicyclic) bond motifs is 1. The molecule has 0 fully saturated rings. The van der Waals surface area contributed by atoms with Crippen LogP contribution < -0.4 is 5.84 Å². The van der Waals surface area contributed by atoms with E-state index in [9.17, 15) is 0 Å². The fourth-order valence-corrected chi connectivity index (χ4v) is 1.88. The monoisotopic (exact) mass is 243 g/mol. The van der Waals surface area contributed by atoms with Gasteiger partial charge in [0.15, 0.2) is 5.65 Å². The Morgan fingerprint density at radius 2 is 2.28 bits per heavy atom. The fraction of sp³-hybridized carbons (Fsp3) is 0.250. The summed E-state index contributed by atoms with van der Waals surface area (Å²) in [7, 11) is 0. The number of nitrogens with two attached hydrogens (primary N) is 1. The van der Waals surface area contributed by atoms with Crippen molar-refractivity contribution < 1.29 is 4.42 Å². The number of aromatic nitrogens is 4. The number of nitrogens with zero attached hydrogens (tertiary/aromatic N) is 4. The van der Waals surface area contributed by atoms with Crippen LogP contribution in [0.15, 0.2) is 29.1 Å². The third-order valence-electron chi connectivity index (χ3n) is 2.78.